The number of allylic oxidation sites excluding steroid dienone is 2. The van der Waals surface area contributed by atoms with Crippen molar-refractivity contribution in [3.8, 4) is 0 Å². The van der Waals surface area contributed by atoms with Crippen molar-refractivity contribution in [2.24, 2.45) is 5.92 Å². The minimum absolute atomic E-state index is 0.0435. The Bertz CT molecular complexity index is 776. The Labute approximate surface area is 137 Å². The predicted octanol–water partition coefficient (Wildman–Crippen LogP) is 4.29. The van der Waals surface area contributed by atoms with Gasteiger partial charge in [-0.3, -0.25) is 4.79 Å². The molecule has 1 atom stereocenters. The van der Waals surface area contributed by atoms with Crippen molar-refractivity contribution in [2.45, 2.75) is 45.1 Å². The lowest BCUT2D eigenvalue weighted by molar-refractivity contribution is -0.113. The molecule has 2 aromatic rings. The van der Waals surface area contributed by atoms with Gasteiger partial charge in [-0.15, -0.1) is 11.3 Å². The number of thioether (sulfide) groups is 1. The summed E-state index contributed by atoms with van der Waals surface area (Å²) in [7, 11) is 0. The summed E-state index contributed by atoms with van der Waals surface area (Å²) >= 11 is 2.98. The molecule has 1 aliphatic carbocycles. The molecule has 0 fully saturated rings. The zero-order chi connectivity index (χ0) is 15.9. The molecule has 6 heteroatoms. The number of hydrogen-bond donors (Lipinski definition) is 1. The molecule has 0 amide bonds. The van der Waals surface area contributed by atoms with Crippen molar-refractivity contribution < 1.29 is 9.90 Å². The second-order valence-corrected chi connectivity index (χ2v) is 7.87. The maximum absolute atomic E-state index is 11.7. The first-order valence-corrected chi connectivity index (χ1v) is 8.94. The van der Waals surface area contributed by atoms with Gasteiger partial charge in [-0.25, -0.2) is 9.97 Å². The first kappa shape index (κ1) is 15.5. The molecule has 1 unspecified atom stereocenters. The van der Waals surface area contributed by atoms with Crippen LogP contribution in [-0.4, -0.2) is 20.9 Å². The van der Waals surface area contributed by atoms with Crippen LogP contribution in [0.25, 0.3) is 10.2 Å². The second kappa shape index (κ2) is 6.01. The lowest BCUT2D eigenvalue weighted by Crippen LogP contribution is -2.08. The van der Waals surface area contributed by atoms with E-state index < -0.39 is 0 Å². The monoisotopic (exact) mass is 334 g/mol. The standard InChI is InChI=1S/C16H18N2O2S2/c1-8-4-5-11-12(6-8)21-15-13(11)16(18-7-17-15)22-14(9(2)19)10(3)20/h7-8,19H,4-6H2,1-3H3/b14-9-. The van der Waals surface area contributed by atoms with Gasteiger partial charge < -0.3 is 5.11 Å². The number of carbonyl (C=O) groups excluding carboxylic acids is 1. The van der Waals surface area contributed by atoms with Gasteiger partial charge in [0.15, 0.2) is 5.78 Å². The van der Waals surface area contributed by atoms with Crippen LogP contribution in [0.1, 0.15) is 37.6 Å². The minimum atomic E-state index is -0.144. The number of carbonyl (C=O) groups is 1. The number of hydrogen-bond acceptors (Lipinski definition) is 6. The summed E-state index contributed by atoms with van der Waals surface area (Å²) in [5.41, 5.74) is 1.33. The molecular weight excluding hydrogens is 316 g/mol. The highest BCUT2D eigenvalue weighted by Gasteiger charge is 2.24. The molecule has 22 heavy (non-hydrogen) atoms. The summed E-state index contributed by atoms with van der Waals surface area (Å²) < 4.78 is 0. The lowest BCUT2D eigenvalue weighted by Gasteiger charge is -2.18. The van der Waals surface area contributed by atoms with Crippen LogP contribution in [0, 0.1) is 5.92 Å². The van der Waals surface area contributed by atoms with Crippen molar-refractivity contribution in [1.82, 2.24) is 9.97 Å². The number of aromatic nitrogens is 2. The Hall–Kier alpha value is -1.40. The van der Waals surface area contributed by atoms with Crippen LogP contribution < -0.4 is 0 Å². The zero-order valence-electron chi connectivity index (χ0n) is 12.8. The van der Waals surface area contributed by atoms with Gasteiger partial charge in [0.2, 0.25) is 0 Å². The van der Waals surface area contributed by atoms with Gasteiger partial charge in [0.25, 0.3) is 0 Å². The predicted molar refractivity (Wildman–Crippen MR) is 90.5 cm³/mol. The van der Waals surface area contributed by atoms with Gasteiger partial charge in [-0.1, -0.05) is 18.7 Å². The zero-order valence-corrected chi connectivity index (χ0v) is 14.5. The third kappa shape index (κ3) is 2.77. The van der Waals surface area contributed by atoms with Crippen LogP contribution in [0.15, 0.2) is 22.0 Å². The molecule has 2 heterocycles. The van der Waals surface area contributed by atoms with E-state index in [9.17, 15) is 9.90 Å². The van der Waals surface area contributed by atoms with Gasteiger partial charge in [-0.2, -0.15) is 0 Å². The molecule has 0 radical (unpaired) electrons. The topological polar surface area (TPSA) is 63.1 Å². The Morgan fingerprint density at radius 2 is 2.18 bits per heavy atom. The van der Waals surface area contributed by atoms with E-state index in [4.69, 9.17) is 0 Å². The molecule has 4 nitrogen and oxygen atoms in total. The number of nitrogens with zero attached hydrogens (tertiary/aromatic N) is 2. The maximum Gasteiger partial charge on any atom is 0.169 e. The second-order valence-electron chi connectivity index (χ2n) is 5.78. The van der Waals surface area contributed by atoms with Crippen LogP contribution in [0.4, 0.5) is 0 Å². The summed E-state index contributed by atoms with van der Waals surface area (Å²) in [5.74, 6) is 0.605. The van der Waals surface area contributed by atoms with E-state index in [2.05, 4.69) is 16.9 Å². The number of rotatable bonds is 3. The average Bonchev–Trinajstić information content (AvgIpc) is 2.81. The highest BCUT2D eigenvalue weighted by atomic mass is 32.2. The molecule has 3 rings (SSSR count). The van der Waals surface area contributed by atoms with Crippen LogP contribution in [-0.2, 0) is 17.6 Å². The highest BCUT2D eigenvalue weighted by molar-refractivity contribution is 8.04. The SMILES string of the molecule is CC(=O)/C(Sc1ncnc2sc3c(c12)CCC(C)C3)=C(\C)O. The molecule has 0 saturated heterocycles. The largest absolute Gasteiger partial charge is 0.511 e. The van der Waals surface area contributed by atoms with Crippen molar-refractivity contribution in [3.63, 3.8) is 0 Å². The Morgan fingerprint density at radius 1 is 1.41 bits per heavy atom. The number of aliphatic hydroxyl groups excluding tert-OH is 1. The Kier molecular flexibility index (Phi) is 4.23. The molecule has 116 valence electrons. The van der Waals surface area contributed by atoms with Gasteiger partial charge in [0.1, 0.15) is 21.9 Å². The van der Waals surface area contributed by atoms with E-state index in [1.807, 2.05) is 0 Å². The fraction of sp³-hybridized carbons (Fsp3) is 0.438. The van der Waals surface area contributed by atoms with Gasteiger partial charge in [0, 0.05) is 10.3 Å². The average molecular weight is 334 g/mol. The highest BCUT2D eigenvalue weighted by Crippen LogP contribution is 2.42. The number of aryl methyl sites for hydroxylation is 1. The van der Waals surface area contributed by atoms with E-state index in [1.165, 1.54) is 42.5 Å². The molecule has 0 bridgehead atoms. The van der Waals surface area contributed by atoms with Crippen LogP contribution in [0.2, 0.25) is 0 Å². The first-order valence-electron chi connectivity index (χ1n) is 7.31. The van der Waals surface area contributed by atoms with Crippen LogP contribution in [0.3, 0.4) is 0 Å². The molecule has 1 N–H and O–H groups in total. The molecular formula is C16H18N2O2S2. The number of thiophene rings is 1. The van der Waals surface area contributed by atoms with Gasteiger partial charge in [-0.05, 0) is 44.6 Å². The maximum atomic E-state index is 11.7. The Morgan fingerprint density at radius 3 is 2.86 bits per heavy atom. The van der Waals surface area contributed by atoms with Crippen molar-refractivity contribution in [1.29, 1.82) is 0 Å². The molecule has 1 aliphatic rings. The van der Waals surface area contributed by atoms with Crippen molar-refractivity contribution in [2.75, 3.05) is 0 Å². The van der Waals surface area contributed by atoms with E-state index >= 15 is 0 Å². The number of ketones is 1. The van der Waals surface area contributed by atoms with E-state index in [0.29, 0.717) is 10.8 Å². The lowest BCUT2D eigenvalue weighted by atomic mass is 9.89. The quantitative estimate of drug-likeness (QED) is 0.393. The molecule has 0 saturated carbocycles. The third-order valence-electron chi connectivity index (χ3n) is 3.90. The van der Waals surface area contributed by atoms with Gasteiger partial charge in [0.05, 0.1) is 4.91 Å². The Balaban J connectivity index is 2.11. The summed E-state index contributed by atoms with van der Waals surface area (Å²) in [6, 6.07) is 0. The fourth-order valence-corrected chi connectivity index (χ4v) is 5.14. The number of aliphatic hydroxyl groups is 1. The van der Waals surface area contributed by atoms with E-state index in [1.54, 1.807) is 17.7 Å². The smallest absolute Gasteiger partial charge is 0.169 e. The minimum Gasteiger partial charge on any atom is -0.511 e. The van der Waals surface area contributed by atoms with Crippen LogP contribution >= 0.6 is 23.1 Å². The summed E-state index contributed by atoms with van der Waals surface area (Å²) in [4.78, 5) is 23.2. The summed E-state index contributed by atoms with van der Waals surface area (Å²) in [6.45, 7) is 5.28. The fourth-order valence-electron chi connectivity index (χ4n) is 2.82. The normalized spacial score (nSPS) is 19.0. The number of Topliss-reactive ketones (excluding diaryl/α,β-unsaturated/α-hetero) is 1. The van der Waals surface area contributed by atoms with Gasteiger partial charge >= 0.3 is 0 Å². The third-order valence-corrected chi connectivity index (χ3v) is 6.36. The van der Waals surface area contributed by atoms with E-state index in [-0.39, 0.29) is 11.5 Å². The molecule has 2 aromatic heterocycles. The first-order chi connectivity index (χ1) is 10.5. The van der Waals surface area contributed by atoms with E-state index in [0.717, 1.165) is 28.1 Å². The van der Waals surface area contributed by atoms with Crippen LogP contribution in [0.5, 0.6) is 0 Å². The molecule has 0 spiro atoms. The summed E-state index contributed by atoms with van der Waals surface area (Å²) in [5, 5.41) is 11.6. The summed E-state index contributed by atoms with van der Waals surface area (Å²) in [6.07, 6.45) is 4.84. The number of fused-ring (bicyclic) bond motifs is 3. The molecule has 0 aromatic carbocycles. The molecule has 0 aliphatic heterocycles. The van der Waals surface area contributed by atoms with Crippen molar-refractivity contribution in [3.05, 3.63) is 27.4 Å². The van der Waals surface area contributed by atoms with Crippen molar-refractivity contribution >= 4 is 39.1 Å².